The monoisotopic (exact) mass is 497 g/mol. The highest BCUT2D eigenvalue weighted by atomic mass is 35.5. The Morgan fingerprint density at radius 3 is 2.85 bits per heavy atom. The average Bonchev–Trinajstić information content (AvgIpc) is 3.30. The maximum absolute atomic E-state index is 12.6. The van der Waals surface area contributed by atoms with Gasteiger partial charge < -0.3 is 9.62 Å². The van der Waals surface area contributed by atoms with Gasteiger partial charge in [-0.2, -0.15) is 5.10 Å². The molecule has 0 radical (unpaired) electrons. The van der Waals surface area contributed by atoms with Gasteiger partial charge >= 0.3 is 5.97 Å². The molecule has 1 heterocycles. The van der Waals surface area contributed by atoms with Crippen molar-refractivity contribution in [2.75, 3.05) is 11.6 Å². The summed E-state index contributed by atoms with van der Waals surface area (Å²) >= 11 is 6.84. The first-order valence-corrected chi connectivity index (χ1v) is 12.2. The van der Waals surface area contributed by atoms with Crippen LogP contribution in [0.2, 0.25) is 0 Å². The number of esters is 1. The molecule has 1 aromatic heterocycles. The molecule has 0 N–H and O–H groups in total. The van der Waals surface area contributed by atoms with Crippen LogP contribution >= 0.6 is 23.2 Å². The summed E-state index contributed by atoms with van der Waals surface area (Å²) in [6.45, 7) is 2.12. The number of benzene rings is 2. The lowest BCUT2D eigenvalue weighted by Crippen LogP contribution is -2.22. The predicted octanol–water partition coefficient (Wildman–Crippen LogP) is 6.11. The van der Waals surface area contributed by atoms with Crippen LogP contribution < -0.4 is 14.6 Å². The number of halogens is 1. The Morgan fingerprint density at radius 1 is 1.26 bits per heavy atom. The number of thiazole rings is 1. The van der Waals surface area contributed by atoms with Crippen LogP contribution in [-0.4, -0.2) is 23.7 Å². The lowest BCUT2D eigenvalue weighted by molar-refractivity contribution is -0.140. The third-order valence-electron chi connectivity index (χ3n) is 5.50. The van der Waals surface area contributed by atoms with Gasteiger partial charge in [0, 0.05) is 5.56 Å². The summed E-state index contributed by atoms with van der Waals surface area (Å²) in [5.41, 5.74) is 1.41. The van der Waals surface area contributed by atoms with Gasteiger partial charge in [0.2, 0.25) is 5.13 Å². The van der Waals surface area contributed by atoms with Gasteiger partial charge in [0.25, 0.3) is 0 Å². The highest BCUT2D eigenvalue weighted by Crippen LogP contribution is 2.30. The van der Waals surface area contributed by atoms with Crippen LogP contribution in [0.15, 0.2) is 47.6 Å². The number of anilines is 1. The summed E-state index contributed by atoms with van der Waals surface area (Å²) in [7, 11) is 0. The molecule has 2 aromatic carbocycles. The van der Waals surface area contributed by atoms with Crippen LogP contribution in [-0.2, 0) is 9.23 Å². The Hall–Kier alpha value is -3.12. The Bertz CT molecular complexity index is 1190. The van der Waals surface area contributed by atoms with E-state index in [9.17, 15) is 4.79 Å². The number of hydrogen-bond donors (Lipinski definition) is 0. The fourth-order valence-corrected chi connectivity index (χ4v) is 4.74. The van der Waals surface area contributed by atoms with E-state index in [2.05, 4.69) is 26.4 Å². The SMILES string of the molecule is CC#CCN(/N=C/c1cc(OC(=O)C2CCCCC2)ccc1OOCl)c1nc2ccccc2s1. The number of fused-ring (bicyclic) bond motifs is 1. The maximum Gasteiger partial charge on any atom is 0.314 e. The van der Waals surface area contributed by atoms with Gasteiger partial charge in [-0.25, -0.2) is 9.99 Å². The van der Waals surface area contributed by atoms with Crippen LogP contribution in [0.5, 0.6) is 11.5 Å². The summed E-state index contributed by atoms with van der Waals surface area (Å²) in [5.74, 6) is 6.36. The zero-order chi connectivity index (χ0) is 23.8. The number of ether oxygens (including phenoxy) is 1. The Balaban J connectivity index is 1.59. The number of hydrazone groups is 1. The second kappa shape index (κ2) is 11.8. The molecule has 9 heteroatoms. The molecule has 0 unspecified atom stereocenters. The summed E-state index contributed by atoms with van der Waals surface area (Å²) < 4.78 is 11.0. The average molecular weight is 498 g/mol. The van der Waals surface area contributed by atoms with Crippen molar-refractivity contribution in [3.8, 4) is 23.3 Å². The fourth-order valence-electron chi connectivity index (χ4n) is 3.75. The minimum absolute atomic E-state index is 0.0601. The van der Waals surface area contributed by atoms with E-state index in [0.29, 0.717) is 28.7 Å². The number of hydrogen-bond acceptors (Lipinski definition) is 8. The molecule has 3 aromatic rings. The van der Waals surface area contributed by atoms with Crippen molar-refractivity contribution in [1.29, 1.82) is 0 Å². The van der Waals surface area contributed by atoms with Gasteiger partial charge in [0.05, 0.1) is 22.3 Å². The molecule has 0 aliphatic heterocycles. The third-order valence-corrected chi connectivity index (χ3v) is 6.62. The fraction of sp³-hybridized carbons (Fsp3) is 0.320. The lowest BCUT2D eigenvalue weighted by atomic mass is 9.89. The van der Waals surface area contributed by atoms with Crippen molar-refractivity contribution in [1.82, 2.24) is 4.98 Å². The summed E-state index contributed by atoms with van der Waals surface area (Å²) in [4.78, 5) is 22.3. The summed E-state index contributed by atoms with van der Waals surface area (Å²) in [5, 5.41) is 6.99. The smallest absolute Gasteiger partial charge is 0.314 e. The topological polar surface area (TPSA) is 73.2 Å². The van der Waals surface area contributed by atoms with Crippen molar-refractivity contribution in [2.24, 2.45) is 11.0 Å². The van der Waals surface area contributed by atoms with E-state index in [-0.39, 0.29) is 11.9 Å². The molecule has 0 amide bonds. The van der Waals surface area contributed by atoms with Gasteiger partial charge in [-0.15, -0.1) is 5.92 Å². The van der Waals surface area contributed by atoms with Gasteiger partial charge in [-0.1, -0.05) is 53.1 Å². The minimum Gasteiger partial charge on any atom is -0.426 e. The van der Waals surface area contributed by atoms with Gasteiger partial charge in [0.1, 0.15) is 24.2 Å². The molecule has 1 aliphatic carbocycles. The van der Waals surface area contributed by atoms with E-state index >= 15 is 0 Å². The van der Waals surface area contributed by atoms with Crippen LogP contribution in [0, 0.1) is 17.8 Å². The highest BCUT2D eigenvalue weighted by molar-refractivity contribution is 7.22. The van der Waals surface area contributed by atoms with Crippen LogP contribution in [0.25, 0.3) is 10.2 Å². The van der Waals surface area contributed by atoms with Crippen molar-refractivity contribution in [2.45, 2.75) is 39.0 Å². The van der Waals surface area contributed by atoms with Crippen LogP contribution in [0.1, 0.15) is 44.6 Å². The van der Waals surface area contributed by atoms with E-state index < -0.39 is 0 Å². The van der Waals surface area contributed by atoms with Gasteiger partial charge in [0.15, 0.2) is 5.75 Å². The number of aromatic nitrogens is 1. The Morgan fingerprint density at radius 2 is 2.09 bits per heavy atom. The van der Waals surface area contributed by atoms with Crippen molar-refractivity contribution >= 4 is 50.7 Å². The first-order chi connectivity index (χ1) is 16.7. The summed E-state index contributed by atoms with van der Waals surface area (Å²) in [6, 6.07) is 12.8. The second-order valence-electron chi connectivity index (χ2n) is 7.80. The first kappa shape index (κ1) is 24.0. The summed E-state index contributed by atoms with van der Waals surface area (Å²) in [6.07, 6.45) is 6.59. The molecule has 34 heavy (non-hydrogen) atoms. The molecule has 0 spiro atoms. The lowest BCUT2D eigenvalue weighted by Gasteiger charge is -2.20. The third kappa shape index (κ3) is 6.06. The highest BCUT2D eigenvalue weighted by Gasteiger charge is 2.23. The quantitative estimate of drug-likeness (QED) is 0.0933. The number of nitrogens with zero attached hydrogens (tertiary/aromatic N) is 3. The molecule has 7 nitrogen and oxygen atoms in total. The van der Waals surface area contributed by atoms with E-state index in [1.165, 1.54) is 17.8 Å². The first-order valence-electron chi connectivity index (χ1n) is 11.1. The number of carbonyl (C=O) groups is 1. The molecule has 0 saturated heterocycles. The van der Waals surface area contributed by atoms with Crippen molar-refractivity contribution in [3.63, 3.8) is 0 Å². The number of carbonyl (C=O) groups excluding carboxylic acids is 1. The normalized spacial score (nSPS) is 14.1. The van der Waals surface area contributed by atoms with Gasteiger partial charge in [-0.05, 0) is 50.1 Å². The molecule has 4 rings (SSSR count). The molecular formula is C25H24ClN3O4S. The zero-order valence-corrected chi connectivity index (χ0v) is 20.3. The molecule has 1 saturated carbocycles. The van der Waals surface area contributed by atoms with Crippen molar-refractivity contribution < 1.29 is 18.9 Å². The molecular weight excluding hydrogens is 474 g/mol. The largest absolute Gasteiger partial charge is 0.426 e. The number of para-hydroxylation sites is 1. The predicted molar refractivity (Wildman–Crippen MR) is 134 cm³/mol. The van der Waals surface area contributed by atoms with Gasteiger partial charge in [-0.3, -0.25) is 4.79 Å². The Labute approximate surface area is 207 Å². The van der Waals surface area contributed by atoms with Crippen LogP contribution in [0.4, 0.5) is 5.13 Å². The van der Waals surface area contributed by atoms with Crippen molar-refractivity contribution in [3.05, 3.63) is 48.0 Å². The standard InChI is InChI=1S/C25H24ClN3O4S/c1-2-3-15-29(25-28-21-11-7-8-12-23(21)34-25)27-17-19-16-20(13-14-22(19)32-33-26)31-24(30)18-9-5-4-6-10-18/h7-8,11-14,16-18H,4-6,9-10,15H2,1H3/b27-17+. The van der Waals surface area contributed by atoms with E-state index in [0.717, 1.165) is 35.9 Å². The molecule has 176 valence electrons. The maximum atomic E-state index is 12.6. The molecule has 0 atom stereocenters. The second-order valence-corrected chi connectivity index (χ2v) is 8.93. The van der Waals surface area contributed by atoms with Crippen LogP contribution in [0.3, 0.4) is 0 Å². The number of rotatable bonds is 8. The minimum atomic E-state index is -0.209. The Kier molecular flexibility index (Phi) is 8.36. The van der Waals surface area contributed by atoms with E-state index in [1.54, 1.807) is 36.3 Å². The molecule has 1 fully saturated rings. The molecule has 0 bridgehead atoms. The molecule has 1 aliphatic rings. The zero-order valence-electron chi connectivity index (χ0n) is 18.7. The van der Waals surface area contributed by atoms with E-state index in [1.807, 2.05) is 24.3 Å². The van der Waals surface area contributed by atoms with E-state index in [4.69, 9.17) is 21.5 Å².